The van der Waals surface area contributed by atoms with Gasteiger partial charge in [0.15, 0.2) is 0 Å². The van der Waals surface area contributed by atoms with E-state index in [2.05, 4.69) is 5.32 Å². The highest BCUT2D eigenvalue weighted by Crippen LogP contribution is 2.37. The van der Waals surface area contributed by atoms with Crippen molar-refractivity contribution in [2.45, 2.75) is 63.2 Å². The Kier molecular flexibility index (Phi) is 6.66. The van der Waals surface area contributed by atoms with E-state index in [9.17, 15) is 18.0 Å². The Hall–Kier alpha value is -1.56. The van der Waals surface area contributed by atoms with Gasteiger partial charge in [0, 0.05) is 18.5 Å². The predicted molar refractivity (Wildman–Crippen MR) is 85.7 cm³/mol. The van der Waals surface area contributed by atoms with Crippen LogP contribution in [0.15, 0.2) is 30.3 Å². The van der Waals surface area contributed by atoms with E-state index in [1.54, 1.807) is 0 Å². The molecule has 0 aliphatic heterocycles. The number of carboxylic acid groups (broad SMARTS) is 1. The van der Waals surface area contributed by atoms with Crippen LogP contribution in [-0.4, -0.2) is 29.3 Å². The largest absolute Gasteiger partial charge is 0.481 e. The number of carbonyl (C=O) groups is 1. The van der Waals surface area contributed by atoms with Gasteiger partial charge in [-0.1, -0.05) is 30.3 Å². The van der Waals surface area contributed by atoms with Gasteiger partial charge in [-0.15, -0.1) is 0 Å². The Labute approximate surface area is 140 Å². The molecule has 0 aromatic heterocycles. The van der Waals surface area contributed by atoms with Crippen LogP contribution in [0.1, 0.15) is 44.1 Å². The van der Waals surface area contributed by atoms with Gasteiger partial charge in [0.25, 0.3) is 0 Å². The van der Waals surface area contributed by atoms with Crippen molar-refractivity contribution in [2.24, 2.45) is 5.92 Å². The summed E-state index contributed by atoms with van der Waals surface area (Å²) in [6.45, 7) is 0. The SMILES string of the molecule is O=C(O)CCC(Cc1ccccc1)NC1CCC(C(F)(F)F)CC1. The van der Waals surface area contributed by atoms with Crippen molar-refractivity contribution in [1.29, 1.82) is 0 Å². The van der Waals surface area contributed by atoms with Crippen LogP contribution in [0.3, 0.4) is 0 Å². The van der Waals surface area contributed by atoms with Gasteiger partial charge < -0.3 is 10.4 Å². The van der Waals surface area contributed by atoms with Crippen LogP contribution in [0.5, 0.6) is 0 Å². The average molecular weight is 343 g/mol. The second kappa shape index (κ2) is 8.51. The third-order valence-electron chi connectivity index (χ3n) is 4.69. The number of aliphatic carboxylic acids is 1. The molecule has 0 saturated heterocycles. The molecule has 1 fully saturated rings. The maximum atomic E-state index is 12.7. The van der Waals surface area contributed by atoms with Crippen LogP contribution >= 0.6 is 0 Å². The molecule has 3 nitrogen and oxygen atoms in total. The van der Waals surface area contributed by atoms with Crippen LogP contribution < -0.4 is 5.32 Å². The van der Waals surface area contributed by atoms with Gasteiger partial charge >= 0.3 is 12.1 Å². The minimum Gasteiger partial charge on any atom is -0.481 e. The number of hydrogen-bond donors (Lipinski definition) is 2. The van der Waals surface area contributed by atoms with Crippen molar-refractivity contribution >= 4 is 5.97 Å². The lowest BCUT2D eigenvalue weighted by atomic mass is 9.85. The van der Waals surface area contributed by atoms with Crippen molar-refractivity contribution in [1.82, 2.24) is 5.32 Å². The van der Waals surface area contributed by atoms with E-state index in [-0.39, 0.29) is 31.3 Å². The molecular weight excluding hydrogens is 319 g/mol. The summed E-state index contributed by atoms with van der Waals surface area (Å²) in [4.78, 5) is 10.8. The molecule has 134 valence electrons. The number of rotatable bonds is 7. The second-order valence-corrected chi connectivity index (χ2v) is 6.58. The first-order valence-corrected chi connectivity index (χ1v) is 8.43. The maximum Gasteiger partial charge on any atom is 0.391 e. The minimum atomic E-state index is -4.10. The van der Waals surface area contributed by atoms with Crippen molar-refractivity contribution in [2.75, 3.05) is 0 Å². The van der Waals surface area contributed by atoms with Crippen LogP contribution in [0.4, 0.5) is 13.2 Å². The van der Waals surface area contributed by atoms with E-state index in [4.69, 9.17) is 5.11 Å². The summed E-state index contributed by atoms with van der Waals surface area (Å²) in [6, 6.07) is 9.74. The van der Waals surface area contributed by atoms with Crippen LogP contribution in [0.2, 0.25) is 0 Å². The molecule has 2 rings (SSSR count). The van der Waals surface area contributed by atoms with Crippen molar-refractivity contribution in [3.63, 3.8) is 0 Å². The molecule has 0 spiro atoms. The molecule has 1 aromatic carbocycles. The van der Waals surface area contributed by atoms with E-state index >= 15 is 0 Å². The molecule has 24 heavy (non-hydrogen) atoms. The monoisotopic (exact) mass is 343 g/mol. The summed E-state index contributed by atoms with van der Waals surface area (Å²) in [6.07, 6.45) is -1.60. The molecule has 0 amide bonds. The zero-order valence-corrected chi connectivity index (χ0v) is 13.6. The first-order chi connectivity index (χ1) is 11.3. The van der Waals surface area contributed by atoms with E-state index in [1.165, 1.54) is 0 Å². The summed E-state index contributed by atoms with van der Waals surface area (Å²) in [5.74, 6) is -2.04. The predicted octanol–water partition coefficient (Wildman–Crippen LogP) is 4.17. The highest BCUT2D eigenvalue weighted by molar-refractivity contribution is 5.66. The van der Waals surface area contributed by atoms with E-state index in [1.807, 2.05) is 30.3 Å². The van der Waals surface area contributed by atoms with Crippen LogP contribution in [-0.2, 0) is 11.2 Å². The van der Waals surface area contributed by atoms with Gasteiger partial charge in [-0.25, -0.2) is 0 Å². The zero-order chi connectivity index (χ0) is 17.6. The van der Waals surface area contributed by atoms with Crippen molar-refractivity contribution in [3.8, 4) is 0 Å². The Morgan fingerprint density at radius 1 is 1.17 bits per heavy atom. The Morgan fingerprint density at radius 3 is 2.33 bits per heavy atom. The number of hydrogen-bond acceptors (Lipinski definition) is 2. The normalized spacial score (nSPS) is 23.0. The lowest BCUT2D eigenvalue weighted by Gasteiger charge is -2.33. The number of nitrogens with one attached hydrogen (secondary N) is 1. The maximum absolute atomic E-state index is 12.7. The molecular formula is C18H24F3NO2. The highest BCUT2D eigenvalue weighted by Gasteiger charge is 2.41. The molecule has 2 N–H and O–H groups in total. The average Bonchev–Trinajstić information content (AvgIpc) is 2.53. The first-order valence-electron chi connectivity index (χ1n) is 8.43. The van der Waals surface area contributed by atoms with E-state index < -0.39 is 18.1 Å². The van der Waals surface area contributed by atoms with Gasteiger partial charge in [0.1, 0.15) is 0 Å². The van der Waals surface area contributed by atoms with Crippen LogP contribution in [0.25, 0.3) is 0 Å². The third-order valence-corrected chi connectivity index (χ3v) is 4.69. The molecule has 0 bridgehead atoms. The molecule has 1 aliphatic rings. The summed E-state index contributed by atoms with van der Waals surface area (Å²) in [7, 11) is 0. The highest BCUT2D eigenvalue weighted by atomic mass is 19.4. The van der Waals surface area contributed by atoms with Gasteiger partial charge in [0.2, 0.25) is 0 Å². The van der Waals surface area contributed by atoms with Gasteiger partial charge in [-0.05, 0) is 44.1 Å². The van der Waals surface area contributed by atoms with Gasteiger partial charge in [0.05, 0.1) is 5.92 Å². The summed E-state index contributed by atoms with van der Waals surface area (Å²) in [5.41, 5.74) is 1.10. The number of benzene rings is 1. The fourth-order valence-electron chi connectivity index (χ4n) is 3.36. The fourth-order valence-corrected chi connectivity index (χ4v) is 3.36. The Bertz CT molecular complexity index is 511. The quantitative estimate of drug-likeness (QED) is 0.781. The second-order valence-electron chi connectivity index (χ2n) is 6.58. The molecule has 1 aromatic rings. The lowest BCUT2D eigenvalue weighted by molar-refractivity contribution is -0.182. The molecule has 1 aliphatic carbocycles. The topological polar surface area (TPSA) is 49.3 Å². The summed E-state index contributed by atoms with van der Waals surface area (Å²) < 4.78 is 38.2. The van der Waals surface area contributed by atoms with E-state index in [0.717, 1.165) is 5.56 Å². The summed E-state index contributed by atoms with van der Waals surface area (Å²) in [5, 5.41) is 12.3. The van der Waals surface area contributed by atoms with E-state index in [0.29, 0.717) is 25.7 Å². The summed E-state index contributed by atoms with van der Waals surface area (Å²) >= 11 is 0. The Balaban J connectivity index is 1.89. The smallest absolute Gasteiger partial charge is 0.391 e. The molecule has 1 saturated carbocycles. The van der Waals surface area contributed by atoms with Crippen molar-refractivity contribution < 1.29 is 23.1 Å². The molecule has 1 atom stereocenters. The lowest BCUT2D eigenvalue weighted by Crippen LogP contribution is -2.43. The number of alkyl halides is 3. The Morgan fingerprint density at radius 2 is 1.79 bits per heavy atom. The van der Waals surface area contributed by atoms with Gasteiger partial charge in [-0.3, -0.25) is 4.79 Å². The van der Waals surface area contributed by atoms with Gasteiger partial charge in [-0.2, -0.15) is 13.2 Å². The standard InChI is InChI=1S/C18H24F3NO2/c19-18(20,21)14-6-8-15(9-7-14)22-16(10-11-17(23)24)12-13-4-2-1-3-5-13/h1-5,14-16,22H,6-12H2,(H,23,24). The molecule has 0 heterocycles. The molecule has 1 unspecified atom stereocenters. The van der Waals surface area contributed by atoms with Crippen LogP contribution in [0, 0.1) is 5.92 Å². The van der Waals surface area contributed by atoms with Crippen molar-refractivity contribution in [3.05, 3.63) is 35.9 Å². The zero-order valence-electron chi connectivity index (χ0n) is 13.6. The molecule has 0 radical (unpaired) electrons. The minimum absolute atomic E-state index is 0.0315. The first kappa shape index (κ1) is 18.8. The number of halogens is 3. The third kappa shape index (κ3) is 6.15. The number of carboxylic acids is 1. The fraction of sp³-hybridized carbons (Fsp3) is 0.611. The molecule has 6 heteroatoms.